The van der Waals surface area contributed by atoms with Gasteiger partial charge in [-0.05, 0) is 25.0 Å². The molecule has 0 unspecified atom stereocenters. The van der Waals surface area contributed by atoms with E-state index in [2.05, 4.69) is 5.16 Å². The van der Waals surface area contributed by atoms with Crippen molar-refractivity contribution in [1.82, 2.24) is 0 Å². The van der Waals surface area contributed by atoms with Crippen molar-refractivity contribution in [3.63, 3.8) is 0 Å². The number of halogens is 1. The van der Waals surface area contributed by atoms with Crippen molar-refractivity contribution in [2.24, 2.45) is 16.3 Å². The molecule has 0 aliphatic heterocycles. The molecule has 5 nitrogen and oxygen atoms in total. The maximum Gasteiger partial charge on any atom is 0.240 e. The Kier molecular flexibility index (Phi) is 2.94. The number of anilines is 1. The zero-order valence-electron chi connectivity index (χ0n) is 9.93. The average Bonchev–Trinajstić information content (AvgIpc) is 3.18. The second-order valence-electron chi connectivity index (χ2n) is 4.38. The first-order valence-corrected chi connectivity index (χ1v) is 5.53. The second kappa shape index (κ2) is 4.29. The maximum atomic E-state index is 13.6. The summed E-state index contributed by atoms with van der Waals surface area (Å²) in [4.78, 5) is 13.5. The lowest BCUT2D eigenvalue weighted by molar-refractivity contribution is -0.121. The summed E-state index contributed by atoms with van der Waals surface area (Å²) in [6.07, 6.45) is 1.03. The van der Waals surface area contributed by atoms with Gasteiger partial charge in [0.15, 0.2) is 5.84 Å². The van der Waals surface area contributed by atoms with Crippen molar-refractivity contribution >= 4 is 17.4 Å². The Morgan fingerprint density at radius 3 is 2.61 bits per heavy atom. The zero-order chi connectivity index (χ0) is 13.3. The van der Waals surface area contributed by atoms with Crippen molar-refractivity contribution in [2.75, 3.05) is 11.9 Å². The van der Waals surface area contributed by atoms with E-state index in [4.69, 9.17) is 10.9 Å². The summed E-state index contributed by atoms with van der Waals surface area (Å²) in [5.41, 5.74) is 4.74. The normalized spacial score (nSPS) is 17.3. The summed E-state index contributed by atoms with van der Waals surface area (Å²) in [5.74, 6) is -0.956. The van der Waals surface area contributed by atoms with Gasteiger partial charge in [-0.15, -0.1) is 0 Å². The van der Waals surface area contributed by atoms with Crippen molar-refractivity contribution in [1.29, 1.82) is 0 Å². The summed E-state index contributed by atoms with van der Waals surface area (Å²) in [6.45, 7) is 0. The number of hydrogen-bond donors (Lipinski definition) is 2. The van der Waals surface area contributed by atoms with Crippen molar-refractivity contribution in [2.45, 2.75) is 12.8 Å². The number of nitrogens with zero attached hydrogens (tertiary/aromatic N) is 2. The minimum atomic E-state index is -0.966. The molecule has 1 amide bonds. The minimum absolute atomic E-state index is 0.115. The summed E-state index contributed by atoms with van der Waals surface area (Å²) in [6, 6.07) is 5.98. The SMILES string of the molecule is CN(C(=O)C1(/C(N)=N/O)CC1)c1ccccc1F. The van der Waals surface area contributed by atoms with Gasteiger partial charge in [-0.1, -0.05) is 17.3 Å². The molecule has 96 valence electrons. The van der Waals surface area contributed by atoms with Gasteiger partial charge >= 0.3 is 0 Å². The third-order valence-corrected chi connectivity index (χ3v) is 3.28. The Labute approximate surface area is 104 Å². The molecule has 1 aromatic carbocycles. The molecule has 0 bridgehead atoms. The van der Waals surface area contributed by atoms with Crippen LogP contribution in [0.4, 0.5) is 10.1 Å². The van der Waals surface area contributed by atoms with E-state index in [1.165, 1.54) is 24.1 Å². The molecule has 18 heavy (non-hydrogen) atoms. The molecule has 0 radical (unpaired) electrons. The van der Waals surface area contributed by atoms with Crippen LogP contribution in [0.5, 0.6) is 0 Å². The van der Waals surface area contributed by atoms with E-state index in [9.17, 15) is 9.18 Å². The van der Waals surface area contributed by atoms with E-state index in [0.29, 0.717) is 12.8 Å². The van der Waals surface area contributed by atoms with Gasteiger partial charge in [0.25, 0.3) is 0 Å². The van der Waals surface area contributed by atoms with E-state index < -0.39 is 11.2 Å². The van der Waals surface area contributed by atoms with Crippen LogP contribution in [0.1, 0.15) is 12.8 Å². The van der Waals surface area contributed by atoms with Crippen LogP contribution in [0.2, 0.25) is 0 Å². The molecule has 3 N–H and O–H groups in total. The van der Waals surface area contributed by atoms with Gasteiger partial charge in [-0.25, -0.2) is 4.39 Å². The Balaban J connectivity index is 2.28. The van der Waals surface area contributed by atoms with Gasteiger partial charge in [-0.3, -0.25) is 4.79 Å². The Morgan fingerprint density at radius 2 is 2.11 bits per heavy atom. The number of rotatable bonds is 3. The van der Waals surface area contributed by atoms with Crippen molar-refractivity contribution < 1.29 is 14.4 Å². The van der Waals surface area contributed by atoms with Gasteiger partial charge < -0.3 is 15.8 Å². The first-order valence-electron chi connectivity index (χ1n) is 5.53. The highest BCUT2D eigenvalue weighted by Crippen LogP contribution is 2.47. The Morgan fingerprint density at radius 1 is 1.50 bits per heavy atom. The van der Waals surface area contributed by atoms with Crippen molar-refractivity contribution in [3.05, 3.63) is 30.1 Å². The van der Waals surface area contributed by atoms with Crippen LogP contribution in [-0.4, -0.2) is 24.0 Å². The number of amidine groups is 1. The first kappa shape index (κ1) is 12.3. The predicted molar refractivity (Wildman–Crippen MR) is 64.9 cm³/mol. The molecule has 1 aliphatic rings. The summed E-state index contributed by atoms with van der Waals surface area (Å²) in [7, 11) is 1.48. The fourth-order valence-corrected chi connectivity index (χ4v) is 1.95. The molecular weight excluding hydrogens is 237 g/mol. The topological polar surface area (TPSA) is 78.9 Å². The summed E-state index contributed by atoms with van der Waals surface area (Å²) >= 11 is 0. The fraction of sp³-hybridized carbons (Fsp3) is 0.333. The monoisotopic (exact) mass is 251 g/mol. The van der Waals surface area contributed by atoms with Crippen LogP contribution in [0, 0.1) is 11.2 Å². The molecule has 0 spiro atoms. The molecule has 0 aromatic heterocycles. The molecule has 0 atom stereocenters. The number of amides is 1. The van der Waals surface area contributed by atoms with Crippen molar-refractivity contribution in [3.8, 4) is 0 Å². The number of benzene rings is 1. The van der Waals surface area contributed by atoms with Crippen LogP contribution >= 0.6 is 0 Å². The summed E-state index contributed by atoms with van der Waals surface area (Å²) in [5, 5.41) is 11.6. The number of oxime groups is 1. The van der Waals surface area contributed by atoms with Crippen LogP contribution in [0.25, 0.3) is 0 Å². The van der Waals surface area contributed by atoms with Crippen LogP contribution in [0.15, 0.2) is 29.4 Å². The van der Waals surface area contributed by atoms with Gasteiger partial charge in [-0.2, -0.15) is 0 Å². The predicted octanol–water partition coefficient (Wildman–Crippen LogP) is 1.32. The number of para-hydroxylation sites is 1. The lowest BCUT2D eigenvalue weighted by Gasteiger charge is -2.23. The molecule has 2 rings (SSSR count). The highest BCUT2D eigenvalue weighted by atomic mass is 19.1. The molecule has 1 aliphatic carbocycles. The van der Waals surface area contributed by atoms with Gasteiger partial charge in [0.1, 0.15) is 11.2 Å². The molecule has 1 fully saturated rings. The van der Waals surface area contributed by atoms with Gasteiger partial charge in [0, 0.05) is 7.05 Å². The third kappa shape index (κ3) is 1.79. The van der Waals surface area contributed by atoms with Gasteiger partial charge in [0.2, 0.25) is 5.91 Å². The zero-order valence-corrected chi connectivity index (χ0v) is 9.93. The van der Waals surface area contributed by atoms with E-state index in [1.54, 1.807) is 12.1 Å². The van der Waals surface area contributed by atoms with Crippen LogP contribution < -0.4 is 10.6 Å². The molecule has 0 saturated heterocycles. The average molecular weight is 251 g/mol. The molecule has 0 heterocycles. The third-order valence-electron chi connectivity index (χ3n) is 3.28. The van der Waals surface area contributed by atoms with Crippen LogP contribution in [0.3, 0.4) is 0 Å². The highest BCUT2D eigenvalue weighted by molar-refractivity contribution is 6.15. The van der Waals surface area contributed by atoms with E-state index in [0.717, 1.165) is 0 Å². The Bertz CT molecular complexity index is 512. The lowest BCUT2D eigenvalue weighted by atomic mass is 10.0. The summed E-state index contributed by atoms with van der Waals surface area (Å²) < 4.78 is 13.6. The molecular formula is C12H14FN3O2. The number of carbonyl (C=O) groups is 1. The lowest BCUT2D eigenvalue weighted by Crippen LogP contribution is -2.42. The van der Waals surface area contributed by atoms with E-state index in [1.807, 2.05) is 0 Å². The van der Waals surface area contributed by atoms with E-state index in [-0.39, 0.29) is 17.4 Å². The Hall–Kier alpha value is -2.11. The van der Waals surface area contributed by atoms with Gasteiger partial charge in [0.05, 0.1) is 5.69 Å². The molecule has 6 heteroatoms. The second-order valence-corrected chi connectivity index (χ2v) is 4.38. The smallest absolute Gasteiger partial charge is 0.240 e. The minimum Gasteiger partial charge on any atom is -0.409 e. The number of carbonyl (C=O) groups excluding carboxylic acids is 1. The standard InChI is InChI=1S/C12H14FN3O2/c1-16(9-5-3-2-4-8(9)13)11(17)12(6-7-12)10(14)15-18/h2-5,18H,6-7H2,1H3,(H2,14,15). The highest BCUT2D eigenvalue weighted by Gasteiger charge is 2.55. The fourth-order valence-electron chi connectivity index (χ4n) is 1.95. The number of hydrogen-bond acceptors (Lipinski definition) is 3. The molecule has 1 saturated carbocycles. The first-order chi connectivity index (χ1) is 8.53. The molecule has 1 aromatic rings. The number of nitrogens with two attached hydrogens (primary N) is 1. The quantitative estimate of drug-likeness (QED) is 0.368. The van der Waals surface area contributed by atoms with E-state index >= 15 is 0 Å². The largest absolute Gasteiger partial charge is 0.409 e. The van der Waals surface area contributed by atoms with Crippen LogP contribution in [-0.2, 0) is 4.79 Å². The maximum absolute atomic E-state index is 13.6.